The highest BCUT2D eigenvalue weighted by atomic mass is 15.3. The van der Waals surface area contributed by atoms with Gasteiger partial charge in [0.15, 0.2) is 0 Å². The fourth-order valence-corrected chi connectivity index (χ4v) is 2.62. The molecule has 0 radical (unpaired) electrons. The van der Waals surface area contributed by atoms with E-state index in [9.17, 15) is 0 Å². The van der Waals surface area contributed by atoms with Crippen molar-refractivity contribution in [3.63, 3.8) is 0 Å². The Balaban J connectivity index is 2.30. The molecule has 13 heavy (non-hydrogen) atoms. The molecule has 0 aromatic carbocycles. The standard InChI is InChI=1S/C12H26N/c1-5-6-11-7-9-12(10-8-11)13(2,3)4/h11-12H,5-10H2,1-4H3/q+1. The van der Waals surface area contributed by atoms with Crippen molar-refractivity contribution in [1.82, 2.24) is 0 Å². The first-order valence-corrected chi connectivity index (χ1v) is 5.85. The van der Waals surface area contributed by atoms with Crippen LogP contribution in [-0.4, -0.2) is 31.7 Å². The molecule has 0 aliphatic heterocycles. The van der Waals surface area contributed by atoms with Crippen LogP contribution in [0.15, 0.2) is 0 Å². The molecule has 1 aliphatic carbocycles. The summed E-state index contributed by atoms with van der Waals surface area (Å²) < 4.78 is 1.17. The molecule has 0 bridgehead atoms. The van der Waals surface area contributed by atoms with E-state index >= 15 is 0 Å². The van der Waals surface area contributed by atoms with Crippen molar-refractivity contribution in [2.45, 2.75) is 51.5 Å². The zero-order valence-corrected chi connectivity index (χ0v) is 9.84. The second-order valence-corrected chi connectivity index (χ2v) is 5.58. The highest BCUT2D eigenvalue weighted by Crippen LogP contribution is 2.31. The molecule has 78 valence electrons. The number of nitrogens with zero attached hydrogens (tertiary/aromatic N) is 1. The minimum Gasteiger partial charge on any atom is -0.328 e. The van der Waals surface area contributed by atoms with E-state index in [-0.39, 0.29) is 0 Å². The zero-order valence-electron chi connectivity index (χ0n) is 9.84. The summed E-state index contributed by atoms with van der Waals surface area (Å²) in [7, 11) is 7.01. The average molecular weight is 184 g/mol. The summed E-state index contributed by atoms with van der Waals surface area (Å²) in [5, 5.41) is 0. The molecule has 0 aromatic heterocycles. The maximum atomic E-state index is 2.34. The second-order valence-electron chi connectivity index (χ2n) is 5.58. The smallest absolute Gasteiger partial charge is 0.0884 e. The van der Waals surface area contributed by atoms with Gasteiger partial charge in [-0.25, -0.2) is 0 Å². The maximum absolute atomic E-state index is 2.34. The monoisotopic (exact) mass is 184 g/mol. The minimum atomic E-state index is 0.924. The molecular formula is C12H26N+. The van der Waals surface area contributed by atoms with Crippen LogP contribution in [0.25, 0.3) is 0 Å². The Morgan fingerprint density at radius 3 is 1.92 bits per heavy atom. The fourth-order valence-electron chi connectivity index (χ4n) is 2.62. The van der Waals surface area contributed by atoms with Gasteiger partial charge < -0.3 is 4.48 Å². The van der Waals surface area contributed by atoms with Crippen LogP contribution < -0.4 is 0 Å². The van der Waals surface area contributed by atoms with Crippen LogP contribution in [0.2, 0.25) is 0 Å². The van der Waals surface area contributed by atoms with Gasteiger partial charge in [0.1, 0.15) is 0 Å². The lowest BCUT2D eigenvalue weighted by molar-refractivity contribution is -0.897. The highest BCUT2D eigenvalue weighted by molar-refractivity contribution is 4.72. The molecule has 1 aliphatic rings. The summed E-state index contributed by atoms with van der Waals surface area (Å²) in [6.07, 6.45) is 8.70. The first kappa shape index (κ1) is 11.0. The Kier molecular flexibility index (Phi) is 3.78. The molecule has 1 heteroatoms. The Morgan fingerprint density at radius 1 is 1.00 bits per heavy atom. The van der Waals surface area contributed by atoms with E-state index in [2.05, 4.69) is 28.1 Å². The molecule has 0 heterocycles. The highest BCUT2D eigenvalue weighted by Gasteiger charge is 2.29. The van der Waals surface area contributed by atoms with Crippen LogP contribution in [0.3, 0.4) is 0 Å². The van der Waals surface area contributed by atoms with Gasteiger partial charge in [0, 0.05) is 0 Å². The largest absolute Gasteiger partial charge is 0.328 e. The van der Waals surface area contributed by atoms with Crippen molar-refractivity contribution in [3.05, 3.63) is 0 Å². The van der Waals surface area contributed by atoms with Crippen LogP contribution >= 0.6 is 0 Å². The zero-order chi connectivity index (χ0) is 9.90. The summed E-state index contributed by atoms with van der Waals surface area (Å²) in [5.41, 5.74) is 0. The lowest BCUT2D eigenvalue weighted by Crippen LogP contribution is -2.46. The quantitative estimate of drug-likeness (QED) is 0.591. The molecule has 0 spiro atoms. The molecule has 1 nitrogen and oxygen atoms in total. The van der Waals surface area contributed by atoms with Gasteiger partial charge in [-0.15, -0.1) is 0 Å². The molecule has 1 fully saturated rings. The summed E-state index contributed by atoms with van der Waals surface area (Å²) in [5.74, 6) is 1.05. The molecule has 0 unspecified atom stereocenters. The van der Waals surface area contributed by atoms with Crippen molar-refractivity contribution in [1.29, 1.82) is 0 Å². The van der Waals surface area contributed by atoms with Crippen LogP contribution in [0.4, 0.5) is 0 Å². The Hall–Kier alpha value is -0.0400. The third-order valence-electron chi connectivity index (χ3n) is 3.61. The summed E-state index contributed by atoms with van der Waals surface area (Å²) in [4.78, 5) is 0. The van der Waals surface area contributed by atoms with Gasteiger partial charge in [-0.05, 0) is 31.6 Å². The molecule has 0 amide bonds. The molecule has 0 aromatic rings. The summed E-state index contributed by atoms with van der Waals surface area (Å²) in [6.45, 7) is 2.31. The summed E-state index contributed by atoms with van der Waals surface area (Å²) >= 11 is 0. The van der Waals surface area contributed by atoms with E-state index in [4.69, 9.17) is 0 Å². The molecule has 0 atom stereocenters. The van der Waals surface area contributed by atoms with Gasteiger partial charge in [-0.1, -0.05) is 19.8 Å². The van der Waals surface area contributed by atoms with E-state index in [1.54, 1.807) is 0 Å². The van der Waals surface area contributed by atoms with Gasteiger partial charge in [0.05, 0.1) is 27.2 Å². The van der Waals surface area contributed by atoms with Crippen molar-refractivity contribution in [3.8, 4) is 0 Å². The van der Waals surface area contributed by atoms with E-state index in [1.807, 2.05) is 0 Å². The van der Waals surface area contributed by atoms with Gasteiger partial charge >= 0.3 is 0 Å². The first-order valence-electron chi connectivity index (χ1n) is 5.85. The summed E-state index contributed by atoms with van der Waals surface area (Å²) in [6, 6.07) is 0.924. The molecule has 1 rings (SSSR count). The van der Waals surface area contributed by atoms with Gasteiger partial charge in [-0.2, -0.15) is 0 Å². The van der Waals surface area contributed by atoms with Crippen molar-refractivity contribution < 1.29 is 4.48 Å². The van der Waals surface area contributed by atoms with Crippen LogP contribution in [0.5, 0.6) is 0 Å². The van der Waals surface area contributed by atoms with E-state index in [0.29, 0.717) is 0 Å². The third-order valence-corrected chi connectivity index (χ3v) is 3.61. The molecular weight excluding hydrogens is 158 g/mol. The second kappa shape index (κ2) is 4.45. The Bertz CT molecular complexity index is 138. The van der Waals surface area contributed by atoms with E-state index < -0.39 is 0 Å². The topological polar surface area (TPSA) is 0 Å². The van der Waals surface area contributed by atoms with Gasteiger partial charge in [0.25, 0.3) is 0 Å². The van der Waals surface area contributed by atoms with Crippen molar-refractivity contribution in [2.24, 2.45) is 5.92 Å². The van der Waals surface area contributed by atoms with Crippen LogP contribution in [0.1, 0.15) is 45.4 Å². The van der Waals surface area contributed by atoms with Crippen LogP contribution in [-0.2, 0) is 0 Å². The number of hydrogen-bond donors (Lipinski definition) is 0. The van der Waals surface area contributed by atoms with E-state index in [1.165, 1.54) is 43.0 Å². The van der Waals surface area contributed by atoms with Crippen molar-refractivity contribution in [2.75, 3.05) is 21.1 Å². The fraction of sp³-hybridized carbons (Fsp3) is 1.00. The maximum Gasteiger partial charge on any atom is 0.0884 e. The van der Waals surface area contributed by atoms with E-state index in [0.717, 1.165) is 12.0 Å². The third kappa shape index (κ3) is 3.30. The normalized spacial score (nSPS) is 30.5. The molecule has 0 N–H and O–H groups in total. The van der Waals surface area contributed by atoms with Gasteiger partial charge in [0.2, 0.25) is 0 Å². The SMILES string of the molecule is CCCC1CCC([N+](C)(C)C)CC1. The van der Waals surface area contributed by atoms with Crippen molar-refractivity contribution >= 4 is 0 Å². The molecule has 0 saturated heterocycles. The van der Waals surface area contributed by atoms with Crippen LogP contribution in [0, 0.1) is 5.92 Å². The minimum absolute atomic E-state index is 0.924. The molecule has 1 saturated carbocycles. The lowest BCUT2D eigenvalue weighted by atomic mass is 9.82. The lowest BCUT2D eigenvalue weighted by Gasteiger charge is -2.38. The average Bonchev–Trinajstić information content (AvgIpc) is 2.04. The number of hydrogen-bond acceptors (Lipinski definition) is 0. The van der Waals surface area contributed by atoms with Gasteiger partial charge in [-0.3, -0.25) is 0 Å². The Morgan fingerprint density at radius 2 is 1.54 bits per heavy atom. The Labute approximate surface area is 83.7 Å². The predicted molar refractivity (Wildman–Crippen MR) is 58.7 cm³/mol. The predicted octanol–water partition coefficient (Wildman–Crippen LogP) is 3.05. The first-order chi connectivity index (χ1) is 6.04. The number of quaternary nitrogens is 1. The number of rotatable bonds is 3.